The Bertz CT molecular complexity index is 764. The van der Waals surface area contributed by atoms with E-state index in [0.29, 0.717) is 13.0 Å². The highest BCUT2D eigenvalue weighted by Gasteiger charge is 2.20. The highest BCUT2D eigenvalue weighted by Crippen LogP contribution is 2.22. The number of para-hydroxylation sites is 2. The Morgan fingerprint density at radius 2 is 1.77 bits per heavy atom. The summed E-state index contributed by atoms with van der Waals surface area (Å²) in [5.41, 5.74) is 0.926. The van der Waals surface area contributed by atoms with Crippen molar-refractivity contribution in [2.24, 2.45) is 0 Å². The molecule has 4 heteroatoms. The Morgan fingerprint density at radius 3 is 2.55 bits per heavy atom. The number of hydrogen-bond donors (Lipinski definition) is 1. The van der Waals surface area contributed by atoms with E-state index >= 15 is 0 Å². The first-order valence-electron chi connectivity index (χ1n) is 7.22. The fourth-order valence-electron chi connectivity index (χ4n) is 2.56. The lowest BCUT2D eigenvalue weighted by Crippen LogP contribution is -2.20. The van der Waals surface area contributed by atoms with E-state index in [-0.39, 0.29) is 0 Å². The summed E-state index contributed by atoms with van der Waals surface area (Å²) in [5.74, 6) is -0.0954. The fraction of sp³-hybridized carbons (Fsp3) is 0.167. The second kappa shape index (κ2) is 6.35. The molecule has 22 heavy (non-hydrogen) atoms. The number of benzene rings is 2. The third-order valence-corrected chi connectivity index (χ3v) is 3.65. The van der Waals surface area contributed by atoms with Gasteiger partial charge in [0.05, 0.1) is 6.61 Å². The fourth-order valence-corrected chi connectivity index (χ4v) is 2.56. The first-order valence-corrected chi connectivity index (χ1v) is 7.22. The molecule has 0 amide bonds. The number of aromatic nitrogens is 1. The Kier molecular flexibility index (Phi) is 4.10. The molecule has 0 fully saturated rings. The zero-order valence-electron chi connectivity index (χ0n) is 12.1. The molecule has 1 aromatic heterocycles. The van der Waals surface area contributed by atoms with Crippen molar-refractivity contribution in [1.29, 1.82) is 0 Å². The van der Waals surface area contributed by atoms with Gasteiger partial charge in [0.2, 0.25) is 0 Å². The molecule has 0 aliphatic rings. The maximum absolute atomic E-state index is 11.6. The van der Waals surface area contributed by atoms with Crippen molar-refractivity contribution in [2.45, 2.75) is 12.5 Å². The minimum atomic E-state index is -0.849. The molecule has 1 atom stereocenters. The molecule has 0 bridgehead atoms. The van der Waals surface area contributed by atoms with E-state index in [4.69, 9.17) is 4.74 Å². The maximum atomic E-state index is 11.6. The molecule has 0 aliphatic carbocycles. The van der Waals surface area contributed by atoms with Gasteiger partial charge in [-0.25, -0.2) is 4.79 Å². The molecule has 0 radical (unpaired) electrons. The Balaban J connectivity index is 1.74. The molecule has 2 aromatic carbocycles. The van der Waals surface area contributed by atoms with E-state index in [1.807, 2.05) is 66.9 Å². The zero-order valence-corrected chi connectivity index (χ0v) is 12.1. The van der Waals surface area contributed by atoms with Crippen LogP contribution in [0.25, 0.3) is 10.9 Å². The molecule has 1 unspecified atom stereocenters. The molecule has 0 saturated carbocycles. The van der Waals surface area contributed by atoms with Crippen molar-refractivity contribution in [3.05, 3.63) is 66.9 Å². The monoisotopic (exact) mass is 295 g/mol. The standard InChI is InChI=1S/C18H17NO3/c20-18(21)17(11-13-22-15-7-2-1-3-8-15)19-12-10-14-6-4-5-9-16(14)19/h1-10,12,17H,11,13H2,(H,20,21). The number of fused-ring (bicyclic) bond motifs is 1. The number of rotatable bonds is 6. The second-order valence-electron chi connectivity index (χ2n) is 5.09. The Morgan fingerprint density at radius 1 is 1.05 bits per heavy atom. The highest BCUT2D eigenvalue weighted by molar-refractivity contribution is 5.83. The van der Waals surface area contributed by atoms with E-state index in [2.05, 4.69) is 0 Å². The van der Waals surface area contributed by atoms with Crippen LogP contribution in [0.1, 0.15) is 12.5 Å². The van der Waals surface area contributed by atoms with E-state index < -0.39 is 12.0 Å². The summed E-state index contributed by atoms with van der Waals surface area (Å²) in [7, 11) is 0. The van der Waals surface area contributed by atoms with Crippen LogP contribution in [0.3, 0.4) is 0 Å². The summed E-state index contributed by atoms with van der Waals surface area (Å²) in [5, 5.41) is 10.6. The van der Waals surface area contributed by atoms with Gasteiger partial charge in [0.25, 0.3) is 0 Å². The minimum absolute atomic E-state index is 0.355. The van der Waals surface area contributed by atoms with Crippen molar-refractivity contribution in [1.82, 2.24) is 4.57 Å². The summed E-state index contributed by atoms with van der Waals surface area (Å²) in [4.78, 5) is 11.6. The van der Waals surface area contributed by atoms with Gasteiger partial charge in [0.15, 0.2) is 0 Å². The Labute approximate surface area is 128 Å². The van der Waals surface area contributed by atoms with Gasteiger partial charge in [-0.3, -0.25) is 0 Å². The lowest BCUT2D eigenvalue weighted by Gasteiger charge is -2.16. The normalized spacial score (nSPS) is 12.2. The quantitative estimate of drug-likeness (QED) is 0.753. The third-order valence-electron chi connectivity index (χ3n) is 3.65. The van der Waals surface area contributed by atoms with Gasteiger partial charge in [-0.1, -0.05) is 36.4 Å². The first kappa shape index (κ1) is 14.2. The number of carbonyl (C=O) groups is 1. The largest absolute Gasteiger partial charge is 0.494 e. The van der Waals surface area contributed by atoms with Crippen molar-refractivity contribution in [2.75, 3.05) is 6.61 Å². The minimum Gasteiger partial charge on any atom is -0.494 e. The SMILES string of the molecule is O=C(O)C(CCOc1ccccc1)n1ccc2ccccc21. The number of hydrogen-bond acceptors (Lipinski definition) is 2. The predicted octanol–water partition coefficient (Wildman–Crippen LogP) is 3.74. The van der Waals surface area contributed by atoms with E-state index in [1.54, 1.807) is 4.57 Å². The van der Waals surface area contributed by atoms with Crippen LogP contribution in [0, 0.1) is 0 Å². The predicted molar refractivity (Wildman–Crippen MR) is 85.2 cm³/mol. The van der Waals surface area contributed by atoms with Crippen molar-refractivity contribution >= 4 is 16.9 Å². The lowest BCUT2D eigenvalue weighted by atomic mass is 10.2. The van der Waals surface area contributed by atoms with Crippen LogP contribution in [-0.2, 0) is 4.79 Å². The number of ether oxygens (including phenoxy) is 1. The van der Waals surface area contributed by atoms with E-state index in [1.165, 1.54) is 0 Å². The summed E-state index contributed by atoms with van der Waals surface area (Å²) >= 11 is 0. The molecule has 0 spiro atoms. The molecule has 1 heterocycles. The van der Waals surface area contributed by atoms with Crippen LogP contribution < -0.4 is 4.74 Å². The molecule has 1 N–H and O–H groups in total. The topological polar surface area (TPSA) is 51.5 Å². The molecule has 3 rings (SSSR count). The van der Waals surface area contributed by atoms with Crippen LogP contribution >= 0.6 is 0 Å². The van der Waals surface area contributed by atoms with Gasteiger partial charge in [-0.15, -0.1) is 0 Å². The van der Waals surface area contributed by atoms with Gasteiger partial charge in [0, 0.05) is 18.1 Å². The highest BCUT2D eigenvalue weighted by atomic mass is 16.5. The molecule has 0 aliphatic heterocycles. The van der Waals surface area contributed by atoms with E-state index in [9.17, 15) is 9.90 Å². The van der Waals surface area contributed by atoms with Gasteiger partial charge >= 0.3 is 5.97 Å². The number of aliphatic carboxylic acids is 1. The molecule has 4 nitrogen and oxygen atoms in total. The smallest absolute Gasteiger partial charge is 0.326 e. The zero-order chi connectivity index (χ0) is 15.4. The van der Waals surface area contributed by atoms with Gasteiger partial charge in [-0.2, -0.15) is 0 Å². The van der Waals surface area contributed by atoms with E-state index in [0.717, 1.165) is 16.7 Å². The van der Waals surface area contributed by atoms with Gasteiger partial charge in [-0.05, 0) is 29.7 Å². The van der Waals surface area contributed by atoms with Crippen LogP contribution in [-0.4, -0.2) is 22.2 Å². The average molecular weight is 295 g/mol. The third kappa shape index (κ3) is 2.96. The summed E-state index contributed by atoms with van der Waals surface area (Å²) < 4.78 is 7.42. The molecule has 0 saturated heterocycles. The van der Waals surface area contributed by atoms with Crippen LogP contribution in [0.4, 0.5) is 0 Å². The lowest BCUT2D eigenvalue weighted by molar-refractivity contribution is -0.141. The number of nitrogens with zero attached hydrogens (tertiary/aromatic N) is 1. The van der Waals surface area contributed by atoms with Crippen LogP contribution in [0.15, 0.2) is 66.9 Å². The first-order chi connectivity index (χ1) is 10.8. The summed E-state index contributed by atoms with van der Waals surface area (Å²) in [6.45, 7) is 0.355. The second-order valence-corrected chi connectivity index (χ2v) is 5.09. The number of carboxylic acid groups (broad SMARTS) is 1. The number of carboxylic acids is 1. The van der Waals surface area contributed by atoms with Gasteiger partial charge < -0.3 is 14.4 Å². The van der Waals surface area contributed by atoms with Crippen molar-refractivity contribution < 1.29 is 14.6 Å². The molecule has 112 valence electrons. The molecular formula is C18H17NO3. The van der Waals surface area contributed by atoms with Crippen molar-refractivity contribution in [3.63, 3.8) is 0 Å². The molecule has 3 aromatic rings. The van der Waals surface area contributed by atoms with Crippen molar-refractivity contribution in [3.8, 4) is 5.75 Å². The summed E-state index contributed by atoms with van der Waals surface area (Å²) in [6.07, 6.45) is 2.23. The van der Waals surface area contributed by atoms with Gasteiger partial charge in [0.1, 0.15) is 11.8 Å². The average Bonchev–Trinajstić information content (AvgIpc) is 2.96. The van der Waals surface area contributed by atoms with Crippen LogP contribution in [0.5, 0.6) is 5.75 Å². The summed E-state index contributed by atoms with van der Waals surface area (Å²) in [6, 6.07) is 18.5. The van der Waals surface area contributed by atoms with Crippen LogP contribution in [0.2, 0.25) is 0 Å². The maximum Gasteiger partial charge on any atom is 0.326 e. The molecular weight excluding hydrogens is 278 g/mol. The Hall–Kier alpha value is -2.75.